The van der Waals surface area contributed by atoms with Gasteiger partial charge in [0.15, 0.2) is 5.65 Å². The van der Waals surface area contributed by atoms with Crippen molar-refractivity contribution >= 4 is 32.6 Å². The second-order valence-electron chi connectivity index (χ2n) is 6.95. The number of aromatic nitrogens is 5. The Morgan fingerprint density at radius 2 is 1.67 bits per heavy atom. The van der Waals surface area contributed by atoms with Gasteiger partial charge in [-0.2, -0.15) is 5.10 Å². The summed E-state index contributed by atoms with van der Waals surface area (Å²) in [4.78, 5) is 12.3. The van der Waals surface area contributed by atoms with Gasteiger partial charge in [-0.05, 0) is 42.5 Å². The molecule has 0 bridgehead atoms. The number of nitrogens with zero attached hydrogens (tertiary/aromatic N) is 5. The summed E-state index contributed by atoms with van der Waals surface area (Å²) < 4.78 is 35.2. The maximum atomic E-state index is 12.8. The first-order chi connectivity index (χ1) is 16.0. The van der Waals surface area contributed by atoms with E-state index in [0.29, 0.717) is 39.9 Å². The fraction of sp³-hybridized carbons (Fsp3) is 0. The average molecular weight is 459 g/mol. The van der Waals surface area contributed by atoms with Gasteiger partial charge in [0.2, 0.25) is 5.88 Å². The van der Waals surface area contributed by atoms with Gasteiger partial charge in [0, 0.05) is 11.8 Å². The average Bonchev–Trinajstić information content (AvgIpc) is 3.26. The van der Waals surface area contributed by atoms with Gasteiger partial charge in [0.25, 0.3) is 10.0 Å². The van der Waals surface area contributed by atoms with E-state index in [2.05, 4.69) is 24.8 Å². The molecule has 0 fully saturated rings. The van der Waals surface area contributed by atoms with Crippen LogP contribution in [-0.4, -0.2) is 33.2 Å². The molecule has 0 aliphatic carbocycles. The lowest BCUT2D eigenvalue weighted by Crippen LogP contribution is -2.13. The number of fused-ring (bicyclic) bond motifs is 1. The molecule has 10 nitrogen and oxygen atoms in total. The normalized spacial score (nSPS) is 11.4. The Labute approximate surface area is 188 Å². The lowest BCUT2D eigenvalue weighted by atomic mass is 10.3. The van der Waals surface area contributed by atoms with Crippen molar-refractivity contribution in [3.63, 3.8) is 0 Å². The SMILES string of the molecule is Nc1ncnc2c1cnn2-c1ccc(NS(=O)(=O)c2ccc(Oc3ccccc3)nc2)cc1. The zero-order chi connectivity index (χ0) is 22.8. The second kappa shape index (κ2) is 8.20. The number of nitrogen functional groups attached to an aromatic ring is 1. The molecule has 0 unspecified atom stereocenters. The predicted octanol–water partition coefficient (Wildman–Crippen LogP) is 3.39. The molecule has 33 heavy (non-hydrogen) atoms. The van der Waals surface area contributed by atoms with E-state index in [9.17, 15) is 8.42 Å². The molecular weight excluding hydrogens is 442 g/mol. The monoisotopic (exact) mass is 459 g/mol. The lowest BCUT2D eigenvalue weighted by molar-refractivity contribution is 0.462. The van der Waals surface area contributed by atoms with Crippen molar-refractivity contribution in [3.05, 3.63) is 85.5 Å². The van der Waals surface area contributed by atoms with Crippen LogP contribution in [0.5, 0.6) is 11.6 Å². The molecular formula is C22H17N7O3S. The Morgan fingerprint density at radius 1 is 0.879 bits per heavy atom. The summed E-state index contributed by atoms with van der Waals surface area (Å²) in [5.41, 5.74) is 7.48. The van der Waals surface area contributed by atoms with Crippen molar-refractivity contribution in [2.24, 2.45) is 0 Å². The first kappa shape index (κ1) is 20.4. The highest BCUT2D eigenvalue weighted by molar-refractivity contribution is 7.92. The third kappa shape index (κ3) is 4.16. The van der Waals surface area contributed by atoms with Gasteiger partial charge in [-0.15, -0.1) is 0 Å². The highest BCUT2D eigenvalue weighted by atomic mass is 32.2. The number of sulfonamides is 1. The van der Waals surface area contributed by atoms with Crippen LogP contribution >= 0.6 is 0 Å². The topological polar surface area (TPSA) is 138 Å². The molecule has 164 valence electrons. The van der Waals surface area contributed by atoms with Crippen LogP contribution < -0.4 is 15.2 Å². The third-order valence-corrected chi connectivity index (χ3v) is 6.11. The molecule has 3 N–H and O–H groups in total. The molecule has 3 aromatic heterocycles. The number of rotatable bonds is 6. The molecule has 0 spiro atoms. The Kier molecular flexibility index (Phi) is 5.07. The smallest absolute Gasteiger partial charge is 0.263 e. The van der Waals surface area contributed by atoms with E-state index < -0.39 is 10.0 Å². The van der Waals surface area contributed by atoms with Crippen LogP contribution in [0.1, 0.15) is 0 Å². The number of para-hydroxylation sites is 1. The second-order valence-corrected chi connectivity index (χ2v) is 8.63. The minimum atomic E-state index is -3.84. The largest absolute Gasteiger partial charge is 0.439 e. The van der Waals surface area contributed by atoms with Crippen molar-refractivity contribution in [3.8, 4) is 17.3 Å². The molecule has 5 rings (SSSR count). The van der Waals surface area contributed by atoms with Gasteiger partial charge < -0.3 is 10.5 Å². The Bertz CT molecular complexity index is 1520. The number of anilines is 2. The number of nitrogens with one attached hydrogen (secondary N) is 1. The zero-order valence-corrected chi connectivity index (χ0v) is 17.8. The van der Waals surface area contributed by atoms with Crippen molar-refractivity contribution in [2.45, 2.75) is 4.90 Å². The molecule has 0 aliphatic heterocycles. The summed E-state index contributed by atoms with van der Waals surface area (Å²) in [6.07, 6.45) is 4.19. The van der Waals surface area contributed by atoms with Crippen molar-refractivity contribution in [1.82, 2.24) is 24.7 Å². The summed E-state index contributed by atoms with van der Waals surface area (Å²) in [6.45, 7) is 0. The van der Waals surface area contributed by atoms with E-state index in [1.54, 1.807) is 47.3 Å². The summed E-state index contributed by atoms with van der Waals surface area (Å²) in [6, 6.07) is 18.7. The maximum absolute atomic E-state index is 12.8. The van der Waals surface area contributed by atoms with Gasteiger partial charge in [0.05, 0.1) is 23.5 Å². The van der Waals surface area contributed by atoms with Gasteiger partial charge >= 0.3 is 0 Å². The highest BCUT2D eigenvalue weighted by Crippen LogP contribution is 2.23. The summed E-state index contributed by atoms with van der Waals surface area (Å²) in [5, 5.41) is 4.93. The van der Waals surface area contributed by atoms with Crippen LogP contribution in [0.25, 0.3) is 16.7 Å². The van der Waals surface area contributed by atoms with Crippen LogP contribution in [0.3, 0.4) is 0 Å². The van der Waals surface area contributed by atoms with Crippen molar-refractivity contribution in [1.29, 1.82) is 0 Å². The van der Waals surface area contributed by atoms with E-state index in [0.717, 1.165) is 0 Å². The van der Waals surface area contributed by atoms with Crippen LogP contribution in [-0.2, 0) is 10.0 Å². The minimum Gasteiger partial charge on any atom is -0.439 e. The number of hydrogen-bond donors (Lipinski definition) is 2. The fourth-order valence-corrected chi connectivity index (χ4v) is 4.13. The lowest BCUT2D eigenvalue weighted by Gasteiger charge is -2.10. The molecule has 5 aromatic rings. The molecule has 0 atom stereocenters. The van der Waals surface area contributed by atoms with E-state index in [-0.39, 0.29) is 4.90 Å². The predicted molar refractivity (Wildman–Crippen MR) is 123 cm³/mol. The fourth-order valence-electron chi connectivity index (χ4n) is 3.13. The van der Waals surface area contributed by atoms with E-state index >= 15 is 0 Å². The number of nitrogens with two attached hydrogens (primary N) is 1. The van der Waals surface area contributed by atoms with Crippen LogP contribution in [0.2, 0.25) is 0 Å². The number of benzene rings is 2. The van der Waals surface area contributed by atoms with Gasteiger partial charge in [0.1, 0.15) is 22.8 Å². The zero-order valence-electron chi connectivity index (χ0n) is 17.0. The van der Waals surface area contributed by atoms with Gasteiger partial charge in [-0.25, -0.2) is 28.1 Å². The van der Waals surface area contributed by atoms with Crippen molar-refractivity contribution in [2.75, 3.05) is 10.5 Å². The van der Waals surface area contributed by atoms with Crippen LogP contribution in [0, 0.1) is 0 Å². The molecule has 0 saturated heterocycles. The van der Waals surface area contributed by atoms with E-state index in [1.165, 1.54) is 24.7 Å². The van der Waals surface area contributed by atoms with E-state index in [4.69, 9.17) is 10.5 Å². The first-order valence-corrected chi connectivity index (χ1v) is 11.2. The maximum Gasteiger partial charge on any atom is 0.263 e. The molecule has 0 aliphatic rings. The summed E-state index contributed by atoms with van der Waals surface area (Å²) in [7, 11) is -3.84. The molecule has 3 heterocycles. The molecule has 2 aromatic carbocycles. The highest BCUT2D eigenvalue weighted by Gasteiger charge is 2.16. The van der Waals surface area contributed by atoms with Gasteiger partial charge in [-0.3, -0.25) is 4.72 Å². The summed E-state index contributed by atoms with van der Waals surface area (Å²) >= 11 is 0. The number of pyridine rings is 1. The minimum absolute atomic E-state index is 0.0113. The van der Waals surface area contributed by atoms with E-state index in [1.807, 2.05) is 18.2 Å². The number of ether oxygens (including phenoxy) is 1. The first-order valence-electron chi connectivity index (χ1n) is 9.76. The summed E-state index contributed by atoms with van der Waals surface area (Å²) in [5.74, 6) is 1.24. The van der Waals surface area contributed by atoms with Crippen molar-refractivity contribution < 1.29 is 13.2 Å². The molecule has 0 amide bonds. The molecule has 11 heteroatoms. The molecule has 0 radical (unpaired) electrons. The Balaban J connectivity index is 1.32. The van der Waals surface area contributed by atoms with Gasteiger partial charge in [-0.1, -0.05) is 18.2 Å². The van der Waals surface area contributed by atoms with Crippen LogP contribution in [0.4, 0.5) is 11.5 Å². The third-order valence-electron chi connectivity index (χ3n) is 4.75. The number of hydrogen-bond acceptors (Lipinski definition) is 8. The quantitative estimate of drug-likeness (QED) is 0.394. The van der Waals surface area contributed by atoms with Crippen LogP contribution in [0.15, 0.2) is 90.3 Å². The molecule has 0 saturated carbocycles. The standard InChI is InChI=1S/C22H17N7O3S/c23-21-19-13-27-29(22(19)26-14-25-21)16-8-6-15(7-9-16)28-33(30,31)18-10-11-20(24-12-18)32-17-4-2-1-3-5-17/h1-14,28H,(H2,23,25,26). The Hall–Kier alpha value is -4.51. The Morgan fingerprint density at radius 3 is 2.39 bits per heavy atom.